The highest BCUT2D eigenvalue weighted by Crippen LogP contribution is 2.29. The number of rotatable bonds is 5. The molecule has 4 nitrogen and oxygen atoms in total. The van der Waals surface area contributed by atoms with Crippen molar-refractivity contribution in [1.29, 1.82) is 0 Å². The Hall–Kier alpha value is -2.63. The molecule has 2 aromatic heterocycles. The molecule has 2 aromatic carbocycles. The topological polar surface area (TPSA) is 42.7 Å². The average Bonchev–Trinajstić information content (AvgIpc) is 3.33. The first-order valence-corrected chi connectivity index (χ1v) is 10.0. The number of nitrogens with one attached hydrogen (secondary N) is 1. The van der Waals surface area contributed by atoms with E-state index in [1.807, 2.05) is 30.1 Å². The van der Waals surface area contributed by atoms with E-state index >= 15 is 0 Å². The molecule has 0 saturated carbocycles. The Morgan fingerprint density at radius 2 is 1.93 bits per heavy atom. The van der Waals surface area contributed by atoms with Crippen LogP contribution in [0.3, 0.4) is 0 Å². The summed E-state index contributed by atoms with van der Waals surface area (Å²) in [6, 6.07) is 14.5. The summed E-state index contributed by atoms with van der Waals surface area (Å²) in [5.41, 5.74) is 7.43. The van der Waals surface area contributed by atoms with Crippen molar-refractivity contribution in [3.05, 3.63) is 77.2 Å². The first kappa shape index (κ1) is 17.8. The molecule has 0 aliphatic carbocycles. The summed E-state index contributed by atoms with van der Waals surface area (Å²) in [5, 5.41) is 6.35. The lowest BCUT2D eigenvalue weighted by Crippen LogP contribution is -1.94. The van der Waals surface area contributed by atoms with Gasteiger partial charge in [-0.2, -0.15) is 0 Å². The zero-order valence-electron chi connectivity index (χ0n) is 15.1. The second-order valence-electron chi connectivity index (χ2n) is 6.41. The van der Waals surface area contributed by atoms with E-state index in [0.29, 0.717) is 5.88 Å². The summed E-state index contributed by atoms with van der Waals surface area (Å²) in [7, 11) is 0. The minimum atomic E-state index is 0.501. The van der Waals surface area contributed by atoms with E-state index in [-0.39, 0.29) is 0 Å². The third-order valence-electron chi connectivity index (χ3n) is 4.37. The van der Waals surface area contributed by atoms with E-state index in [4.69, 9.17) is 16.6 Å². The molecule has 0 saturated heterocycles. The minimum Gasteiger partial charge on any atom is -0.331 e. The Kier molecular flexibility index (Phi) is 4.97. The molecule has 27 heavy (non-hydrogen) atoms. The first-order chi connectivity index (χ1) is 13.1. The maximum atomic E-state index is 5.95. The van der Waals surface area contributed by atoms with E-state index in [9.17, 15) is 0 Å². The van der Waals surface area contributed by atoms with Gasteiger partial charge in [0.05, 0.1) is 17.7 Å². The van der Waals surface area contributed by atoms with E-state index in [2.05, 4.69) is 59.0 Å². The zero-order valence-corrected chi connectivity index (χ0v) is 16.7. The molecule has 2 heterocycles. The van der Waals surface area contributed by atoms with Crippen LogP contribution in [-0.2, 0) is 5.88 Å². The van der Waals surface area contributed by atoms with Crippen LogP contribution >= 0.6 is 22.9 Å². The highest BCUT2D eigenvalue weighted by Gasteiger charge is 2.08. The maximum absolute atomic E-state index is 5.95. The Bertz CT molecular complexity index is 1070. The highest BCUT2D eigenvalue weighted by molar-refractivity contribution is 7.14. The number of aryl methyl sites for hydroxylation is 2. The molecule has 0 fully saturated rings. The fraction of sp³-hybridized carbons (Fsp3) is 0.143. The van der Waals surface area contributed by atoms with Gasteiger partial charge in [-0.15, -0.1) is 22.9 Å². The van der Waals surface area contributed by atoms with Crippen molar-refractivity contribution in [1.82, 2.24) is 14.5 Å². The molecule has 0 unspecified atom stereocenters. The van der Waals surface area contributed by atoms with Gasteiger partial charge in [-0.05, 0) is 43.2 Å². The van der Waals surface area contributed by atoms with Crippen molar-refractivity contribution >= 4 is 33.8 Å². The standard InChI is InChI=1S/C21H19ClN4S/c1-14-3-4-16(10-22)9-19(14)24-21-25-20(12-27-21)17-5-7-18(8-6-17)26-11-15(2)23-13-26/h3-9,11-13H,10H2,1-2H3,(H,24,25). The van der Waals surface area contributed by atoms with Crippen molar-refractivity contribution in [2.45, 2.75) is 19.7 Å². The number of aromatic nitrogens is 3. The van der Waals surface area contributed by atoms with E-state index in [0.717, 1.165) is 39.0 Å². The number of benzene rings is 2. The summed E-state index contributed by atoms with van der Waals surface area (Å²) in [6.45, 7) is 4.06. The van der Waals surface area contributed by atoms with Gasteiger partial charge in [-0.1, -0.05) is 24.3 Å². The molecule has 0 aliphatic rings. The molecule has 0 amide bonds. The van der Waals surface area contributed by atoms with Crippen molar-refractivity contribution in [2.24, 2.45) is 0 Å². The predicted molar refractivity (Wildman–Crippen MR) is 113 cm³/mol. The molecule has 136 valence electrons. The summed E-state index contributed by atoms with van der Waals surface area (Å²) in [6.07, 6.45) is 3.84. The number of imidazole rings is 1. The van der Waals surface area contributed by atoms with Crippen molar-refractivity contribution in [3.8, 4) is 16.9 Å². The Morgan fingerprint density at radius 3 is 2.63 bits per heavy atom. The van der Waals surface area contributed by atoms with E-state index in [1.165, 1.54) is 5.56 Å². The third kappa shape index (κ3) is 3.89. The smallest absolute Gasteiger partial charge is 0.187 e. The fourth-order valence-electron chi connectivity index (χ4n) is 2.83. The lowest BCUT2D eigenvalue weighted by Gasteiger charge is -2.08. The minimum absolute atomic E-state index is 0.501. The molecule has 0 radical (unpaired) electrons. The van der Waals surface area contributed by atoms with E-state index < -0.39 is 0 Å². The van der Waals surface area contributed by atoms with Gasteiger partial charge in [0, 0.05) is 34.4 Å². The van der Waals surface area contributed by atoms with Gasteiger partial charge >= 0.3 is 0 Å². The number of nitrogens with zero attached hydrogens (tertiary/aromatic N) is 3. The largest absolute Gasteiger partial charge is 0.331 e. The van der Waals surface area contributed by atoms with Crippen LogP contribution < -0.4 is 5.32 Å². The molecule has 0 bridgehead atoms. The van der Waals surface area contributed by atoms with Crippen LogP contribution in [0.25, 0.3) is 16.9 Å². The molecule has 1 N–H and O–H groups in total. The second-order valence-corrected chi connectivity index (χ2v) is 7.54. The van der Waals surface area contributed by atoms with Gasteiger partial charge < -0.3 is 9.88 Å². The second kappa shape index (κ2) is 7.55. The van der Waals surface area contributed by atoms with Gasteiger partial charge in [0.2, 0.25) is 0 Å². The molecular weight excluding hydrogens is 376 g/mol. The van der Waals surface area contributed by atoms with Crippen molar-refractivity contribution < 1.29 is 0 Å². The Balaban J connectivity index is 1.54. The number of alkyl halides is 1. The number of halogens is 1. The molecule has 6 heteroatoms. The normalized spacial score (nSPS) is 10.9. The summed E-state index contributed by atoms with van der Waals surface area (Å²) < 4.78 is 2.01. The molecular formula is C21H19ClN4S. The Labute approximate surface area is 167 Å². The summed E-state index contributed by atoms with van der Waals surface area (Å²) in [5.74, 6) is 0.501. The van der Waals surface area contributed by atoms with Gasteiger partial charge in [0.1, 0.15) is 0 Å². The third-order valence-corrected chi connectivity index (χ3v) is 5.44. The van der Waals surface area contributed by atoms with Crippen molar-refractivity contribution in [2.75, 3.05) is 5.32 Å². The molecule has 0 atom stereocenters. The summed E-state index contributed by atoms with van der Waals surface area (Å²) in [4.78, 5) is 9.01. The van der Waals surface area contributed by atoms with Crippen molar-refractivity contribution in [3.63, 3.8) is 0 Å². The van der Waals surface area contributed by atoms with Crippen LogP contribution in [0.15, 0.2) is 60.4 Å². The van der Waals surface area contributed by atoms with Crippen LogP contribution in [0.2, 0.25) is 0 Å². The lowest BCUT2D eigenvalue weighted by atomic mass is 10.1. The number of anilines is 2. The quantitative estimate of drug-likeness (QED) is 0.416. The van der Waals surface area contributed by atoms with Gasteiger partial charge in [-0.25, -0.2) is 9.97 Å². The molecule has 0 spiro atoms. The van der Waals surface area contributed by atoms with Crippen LogP contribution in [0, 0.1) is 13.8 Å². The van der Waals surface area contributed by atoms with Crippen LogP contribution in [0.4, 0.5) is 10.8 Å². The fourth-order valence-corrected chi connectivity index (χ4v) is 3.73. The van der Waals surface area contributed by atoms with Crippen LogP contribution in [0.1, 0.15) is 16.8 Å². The average molecular weight is 395 g/mol. The number of thiazole rings is 1. The monoisotopic (exact) mass is 394 g/mol. The van der Waals surface area contributed by atoms with Crippen LogP contribution in [-0.4, -0.2) is 14.5 Å². The van der Waals surface area contributed by atoms with Crippen LogP contribution in [0.5, 0.6) is 0 Å². The lowest BCUT2D eigenvalue weighted by molar-refractivity contribution is 1.06. The molecule has 4 aromatic rings. The summed E-state index contributed by atoms with van der Waals surface area (Å²) >= 11 is 7.55. The predicted octanol–water partition coefficient (Wildman–Crippen LogP) is 6.10. The molecule has 4 rings (SSSR count). The maximum Gasteiger partial charge on any atom is 0.187 e. The molecule has 0 aliphatic heterocycles. The van der Waals surface area contributed by atoms with Gasteiger partial charge in [0.25, 0.3) is 0 Å². The zero-order chi connectivity index (χ0) is 18.8. The van der Waals surface area contributed by atoms with E-state index in [1.54, 1.807) is 11.3 Å². The highest BCUT2D eigenvalue weighted by atomic mass is 35.5. The Morgan fingerprint density at radius 1 is 1.11 bits per heavy atom. The first-order valence-electron chi connectivity index (χ1n) is 8.62. The SMILES string of the molecule is Cc1cn(-c2ccc(-c3csc(Nc4cc(CCl)ccc4C)n3)cc2)cn1. The van der Waals surface area contributed by atoms with Gasteiger partial charge in [-0.3, -0.25) is 0 Å². The van der Waals surface area contributed by atoms with Gasteiger partial charge in [0.15, 0.2) is 5.13 Å². The number of hydrogen-bond donors (Lipinski definition) is 1. The number of hydrogen-bond acceptors (Lipinski definition) is 4.